The Kier molecular flexibility index (Phi) is 2.94. The summed E-state index contributed by atoms with van der Waals surface area (Å²) in [5.41, 5.74) is -0.338. The van der Waals surface area contributed by atoms with Gasteiger partial charge in [0.05, 0.1) is 5.60 Å². The van der Waals surface area contributed by atoms with Gasteiger partial charge in [0.15, 0.2) is 0 Å². The van der Waals surface area contributed by atoms with Crippen LogP contribution in [0.3, 0.4) is 0 Å². The summed E-state index contributed by atoms with van der Waals surface area (Å²) in [5.74, 6) is 0.586. The zero-order valence-electron chi connectivity index (χ0n) is 7.77. The van der Waals surface area contributed by atoms with E-state index in [-0.39, 0.29) is 5.60 Å². The van der Waals surface area contributed by atoms with Crippen molar-refractivity contribution in [3.05, 3.63) is 0 Å². The quantitative estimate of drug-likeness (QED) is 0.666. The SMILES string of the molecule is CCCCC1CCCC1(C)O. The molecule has 2 atom stereocenters. The van der Waals surface area contributed by atoms with E-state index in [4.69, 9.17) is 0 Å². The standard InChI is InChI=1S/C10H20O/c1-3-4-6-9-7-5-8-10(9,2)11/h9,11H,3-8H2,1-2H3. The minimum Gasteiger partial charge on any atom is -0.390 e. The Labute approximate surface area is 69.8 Å². The van der Waals surface area contributed by atoms with Crippen molar-refractivity contribution in [1.82, 2.24) is 0 Å². The Balaban J connectivity index is 2.32. The topological polar surface area (TPSA) is 20.2 Å². The molecule has 0 bridgehead atoms. The van der Waals surface area contributed by atoms with Gasteiger partial charge < -0.3 is 5.11 Å². The fourth-order valence-corrected chi connectivity index (χ4v) is 2.13. The summed E-state index contributed by atoms with van der Waals surface area (Å²) in [6.45, 7) is 4.21. The summed E-state index contributed by atoms with van der Waals surface area (Å²) < 4.78 is 0. The summed E-state index contributed by atoms with van der Waals surface area (Å²) in [5, 5.41) is 9.88. The molecule has 0 aromatic carbocycles. The Morgan fingerprint density at radius 1 is 1.55 bits per heavy atom. The van der Waals surface area contributed by atoms with Gasteiger partial charge >= 0.3 is 0 Å². The molecule has 0 aromatic heterocycles. The Morgan fingerprint density at radius 2 is 2.27 bits per heavy atom. The van der Waals surface area contributed by atoms with Crippen LogP contribution in [0.15, 0.2) is 0 Å². The molecule has 66 valence electrons. The van der Waals surface area contributed by atoms with Gasteiger partial charge in [0.2, 0.25) is 0 Å². The van der Waals surface area contributed by atoms with Crippen molar-refractivity contribution in [3.63, 3.8) is 0 Å². The Morgan fingerprint density at radius 3 is 2.73 bits per heavy atom. The van der Waals surface area contributed by atoms with Crippen LogP contribution in [0, 0.1) is 5.92 Å². The van der Waals surface area contributed by atoms with Crippen molar-refractivity contribution in [1.29, 1.82) is 0 Å². The van der Waals surface area contributed by atoms with Gasteiger partial charge in [-0.2, -0.15) is 0 Å². The lowest BCUT2D eigenvalue weighted by Crippen LogP contribution is -2.28. The van der Waals surface area contributed by atoms with Gasteiger partial charge in [0.1, 0.15) is 0 Å². The maximum Gasteiger partial charge on any atom is 0.0647 e. The minimum atomic E-state index is -0.338. The maximum atomic E-state index is 9.88. The van der Waals surface area contributed by atoms with Gasteiger partial charge in [-0.05, 0) is 32.1 Å². The van der Waals surface area contributed by atoms with Crippen LogP contribution in [0.1, 0.15) is 52.4 Å². The summed E-state index contributed by atoms with van der Waals surface area (Å²) in [4.78, 5) is 0. The van der Waals surface area contributed by atoms with Crippen molar-refractivity contribution < 1.29 is 5.11 Å². The van der Waals surface area contributed by atoms with Crippen LogP contribution in [-0.4, -0.2) is 10.7 Å². The molecular weight excluding hydrogens is 136 g/mol. The van der Waals surface area contributed by atoms with Crippen molar-refractivity contribution in [2.45, 2.75) is 58.0 Å². The molecule has 1 N–H and O–H groups in total. The first-order valence-electron chi connectivity index (χ1n) is 4.89. The van der Waals surface area contributed by atoms with Gasteiger partial charge in [0.25, 0.3) is 0 Å². The van der Waals surface area contributed by atoms with Crippen LogP contribution in [0.25, 0.3) is 0 Å². The average Bonchev–Trinajstić information content (AvgIpc) is 2.25. The van der Waals surface area contributed by atoms with E-state index in [2.05, 4.69) is 6.92 Å². The predicted molar refractivity (Wildman–Crippen MR) is 47.5 cm³/mol. The molecule has 2 unspecified atom stereocenters. The van der Waals surface area contributed by atoms with Gasteiger partial charge in [0, 0.05) is 0 Å². The lowest BCUT2D eigenvalue weighted by atomic mass is 9.88. The summed E-state index contributed by atoms with van der Waals surface area (Å²) >= 11 is 0. The van der Waals surface area contributed by atoms with E-state index >= 15 is 0 Å². The molecule has 0 spiro atoms. The molecule has 1 heteroatoms. The molecule has 1 rings (SSSR count). The first-order chi connectivity index (χ1) is 5.17. The van der Waals surface area contributed by atoms with Gasteiger partial charge in [-0.15, -0.1) is 0 Å². The van der Waals surface area contributed by atoms with E-state index < -0.39 is 0 Å². The summed E-state index contributed by atoms with van der Waals surface area (Å²) in [7, 11) is 0. The zero-order valence-corrected chi connectivity index (χ0v) is 7.77. The largest absolute Gasteiger partial charge is 0.390 e. The normalized spacial score (nSPS) is 37.9. The number of unbranched alkanes of at least 4 members (excludes halogenated alkanes) is 1. The molecule has 1 saturated carbocycles. The first kappa shape index (κ1) is 9.05. The monoisotopic (exact) mass is 156 g/mol. The van der Waals surface area contributed by atoms with Crippen LogP contribution in [0.4, 0.5) is 0 Å². The van der Waals surface area contributed by atoms with Crippen LogP contribution in [0.2, 0.25) is 0 Å². The van der Waals surface area contributed by atoms with Crippen molar-refractivity contribution in [2.24, 2.45) is 5.92 Å². The molecule has 0 heterocycles. The van der Waals surface area contributed by atoms with Crippen LogP contribution in [0.5, 0.6) is 0 Å². The molecule has 0 amide bonds. The molecule has 0 radical (unpaired) electrons. The average molecular weight is 156 g/mol. The minimum absolute atomic E-state index is 0.338. The fourth-order valence-electron chi connectivity index (χ4n) is 2.13. The third-order valence-electron chi connectivity index (χ3n) is 3.02. The highest BCUT2D eigenvalue weighted by atomic mass is 16.3. The highest BCUT2D eigenvalue weighted by Gasteiger charge is 2.35. The van der Waals surface area contributed by atoms with E-state index in [9.17, 15) is 5.11 Å². The van der Waals surface area contributed by atoms with E-state index in [0.29, 0.717) is 5.92 Å². The third-order valence-corrected chi connectivity index (χ3v) is 3.02. The van der Waals surface area contributed by atoms with E-state index in [1.165, 1.54) is 32.1 Å². The predicted octanol–water partition coefficient (Wildman–Crippen LogP) is 2.73. The molecule has 0 aromatic rings. The highest BCUT2D eigenvalue weighted by Crippen LogP contribution is 2.38. The first-order valence-corrected chi connectivity index (χ1v) is 4.89. The highest BCUT2D eigenvalue weighted by molar-refractivity contribution is 4.87. The molecule has 1 nitrogen and oxygen atoms in total. The second-order valence-electron chi connectivity index (χ2n) is 4.09. The number of hydrogen-bond donors (Lipinski definition) is 1. The van der Waals surface area contributed by atoms with Crippen molar-refractivity contribution in [2.75, 3.05) is 0 Å². The second-order valence-corrected chi connectivity index (χ2v) is 4.09. The van der Waals surface area contributed by atoms with Crippen molar-refractivity contribution in [3.8, 4) is 0 Å². The second kappa shape index (κ2) is 3.57. The smallest absolute Gasteiger partial charge is 0.0647 e. The molecule has 0 saturated heterocycles. The number of hydrogen-bond acceptors (Lipinski definition) is 1. The van der Waals surface area contributed by atoms with E-state index in [1.54, 1.807) is 0 Å². The number of aliphatic hydroxyl groups is 1. The molecule has 11 heavy (non-hydrogen) atoms. The molecule has 1 fully saturated rings. The van der Waals surface area contributed by atoms with Gasteiger partial charge in [-0.3, -0.25) is 0 Å². The molecule has 0 aliphatic heterocycles. The summed E-state index contributed by atoms with van der Waals surface area (Å²) in [6, 6.07) is 0. The van der Waals surface area contributed by atoms with Crippen LogP contribution >= 0.6 is 0 Å². The zero-order chi connectivity index (χ0) is 8.32. The van der Waals surface area contributed by atoms with Gasteiger partial charge in [-0.25, -0.2) is 0 Å². The van der Waals surface area contributed by atoms with E-state index in [1.807, 2.05) is 6.92 Å². The van der Waals surface area contributed by atoms with Crippen LogP contribution in [-0.2, 0) is 0 Å². The van der Waals surface area contributed by atoms with Crippen LogP contribution < -0.4 is 0 Å². The lowest BCUT2D eigenvalue weighted by molar-refractivity contribution is 0.0172. The molecule has 1 aliphatic rings. The fraction of sp³-hybridized carbons (Fsp3) is 1.00. The van der Waals surface area contributed by atoms with E-state index in [0.717, 1.165) is 6.42 Å². The third kappa shape index (κ3) is 2.19. The Hall–Kier alpha value is -0.0400. The Bertz CT molecular complexity index is 118. The molecular formula is C10H20O. The number of rotatable bonds is 3. The molecule has 1 aliphatic carbocycles. The van der Waals surface area contributed by atoms with Gasteiger partial charge in [-0.1, -0.05) is 26.2 Å². The van der Waals surface area contributed by atoms with Crippen molar-refractivity contribution >= 4 is 0 Å². The summed E-state index contributed by atoms with van der Waals surface area (Å²) in [6.07, 6.45) is 7.24. The lowest BCUT2D eigenvalue weighted by Gasteiger charge is -2.25. The maximum absolute atomic E-state index is 9.88.